The van der Waals surface area contributed by atoms with Gasteiger partial charge in [-0.25, -0.2) is 9.97 Å². The normalized spacial score (nSPS) is 10.2. The molecule has 1 N–H and O–H groups in total. The van der Waals surface area contributed by atoms with Crippen molar-refractivity contribution in [3.05, 3.63) is 56.6 Å². The Labute approximate surface area is 129 Å². The second-order valence-electron chi connectivity index (χ2n) is 3.98. The van der Waals surface area contributed by atoms with Gasteiger partial charge < -0.3 is 5.32 Å². The molecule has 0 saturated heterocycles. The lowest BCUT2D eigenvalue weighted by Crippen LogP contribution is -2.15. The van der Waals surface area contributed by atoms with Crippen LogP contribution >= 0.6 is 23.2 Å². The van der Waals surface area contributed by atoms with Crippen molar-refractivity contribution in [3.8, 4) is 0 Å². The van der Waals surface area contributed by atoms with Gasteiger partial charge in [0.2, 0.25) is 5.91 Å². The van der Waals surface area contributed by atoms with E-state index in [1.54, 1.807) is 6.07 Å². The number of rotatable bonds is 4. The van der Waals surface area contributed by atoms with Crippen molar-refractivity contribution in [1.82, 2.24) is 9.97 Å². The summed E-state index contributed by atoms with van der Waals surface area (Å²) in [5.41, 5.74) is 0.515. The van der Waals surface area contributed by atoms with Crippen LogP contribution in [0, 0.1) is 10.1 Å². The van der Waals surface area contributed by atoms with E-state index in [1.807, 2.05) is 0 Å². The number of carbonyl (C=O) groups is 1. The molecule has 2 rings (SSSR count). The van der Waals surface area contributed by atoms with E-state index in [1.165, 1.54) is 24.5 Å². The quantitative estimate of drug-likeness (QED) is 0.529. The Hall–Kier alpha value is -2.25. The van der Waals surface area contributed by atoms with Crippen LogP contribution in [0.1, 0.15) is 5.56 Å². The molecule has 1 aromatic carbocycles. The highest BCUT2D eigenvalue weighted by molar-refractivity contribution is 6.38. The Morgan fingerprint density at radius 3 is 2.57 bits per heavy atom. The topological polar surface area (TPSA) is 98.0 Å². The summed E-state index contributed by atoms with van der Waals surface area (Å²) in [6.07, 6.45) is 1.10. The van der Waals surface area contributed by atoms with Crippen LogP contribution in [0.15, 0.2) is 30.6 Å². The Morgan fingerprint density at radius 1 is 1.29 bits per heavy atom. The minimum Gasteiger partial charge on any atom is -0.321 e. The molecule has 0 aliphatic carbocycles. The van der Waals surface area contributed by atoms with Crippen LogP contribution in [0.25, 0.3) is 0 Å². The van der Waals surface area contributed by atoms with E-state index in [0.29, 0.717) is 5.56 Å². The number of carbonyl (C=O) groups excluding carboxylic acids is 1. The number of amides is 1. The predicted octanol–water partition coefficient (Wildman–Crippen LogP) is 2.87. The number of nitrogens with one attached hydrogen (secondary N) is 1. The van der Waals surface area contributed by atoms with Crippen LogP contribution in [0.3, 0.4) is 0 Å². The predicted molar refractivity (Wildman–Crippen MR) is 77.5 cm³/mol. The third-order valence-corrected chi connectivity index (χ3v) is 3.08. The first-order valence-electron chi connectivity index (χ1n) is 5.66. The van der Waals surface area contributed by atoms with Gasteiger partial charge in [-0.15, -0.1) is 0 Å². The second-order valence-corrected chi connectivity index (χ2v) is 4.70. The summed E-state index contributed by atoms with van der Waals surface area (Å²) in [5.74, 6) is -0.436. The SMILES string of the molecule is O=C(Cc1cccc([N+](=O)[O-])c1)Nc1c(Cl)ncnc1Cl. The number of nitrogens with zero attached hydrogens (tertiary/aromatic N) is 3. The molecule has 0 aliphatic heterocycles. The second kappa shape index (κ2) is 6.47. The fourth-order valence-electron chi connectivity index (χ4n) is 1.60. The molecule has 0 atom stereocenters. The molecule has 1 heterocycles. The van der Waals surface area contributed by atoms with E-state index < -0.39 is 10.8 Å². The van der Waals surface area contributed by atoms with Gasteiger partial charge in [0.25, 0.3) is 5.69 Å². The molecular weight excluding hydrogens is 319 g/mol. The Balaban J connectivity index is 2.12. The van der Waals surface area contributed by atoms with Crippen molar-refractivity contribution in [2.75, 3.05) is 5.32 Å². The molecule has 0 aliphatic rings. The zero-order valence-electron chi connectivity index (χ0n) is 10.4. The third-order valence-electron chi connectivity index (χ3n) is 2.51. The standard InChI is InChI=1S/C12H8Cl2N4O3/c13-11-10(12(14)16-6-15-11)17-9(19)5-7-2-1-3-8(4-7)18(20)21/h1-4,6H,5H2,(H,17,19). The molecule has 2 aromatic rings. The van der Waals surface area contributed by atoms with Gasteiger partial charge in [-0.2, -0.15) is 0 Å². The Morgan fingerprint density at radius 2 is 1.95 bits per heavy atom. The molecule has 7 nitrogen and oxygen atoms in total. The maximum atomic E-state index is 11.9. The summed E-state index contributed by atoms with van der Waals surface area (Å²) in [5, 5.41) is 13.2. The first kappa shape index (κ1) is 15.1. The molecule has 9 heteroatoms. The van der Waals surface area contributed by atoms with E-state index >= 15 is 0 Å². The number of nitro groups is 1. The lowest BCUT2D eigenvalue weighted by Gasteiger charge is -2.07. The van der Waals surface area contributed by atoms with Gasteiger partial charge in [-0.05, 0) is 5.56 Å². The van der Waals surface area contributed by atoms with Gasteiger partial charge in [0.05, 0.1) is 11.3 Å². The lowest BCUT2D eigenvalue weighted by molar-refractivity contribution is -0.384. The van der Waals surface area contributed by atoms with Crippen molar-refractivity contribution in [1.29, 1.82) is 0 Å². The van der Waals surface area contributed by atoms with Crippen LogP contribution in [-0.2, 0) is 11.2 Å². The lowest BCUT2D eigenvalue weighted by atomic mass is 10.1. The maximum absolute atomic E-state index is 11.9. The van der Waals surface area contributed by atoms with Crippen LogP contribution in [-0.4, -0.2) is 20.8 Å². The minimum absolute atomic E-state index is 0.0161. The molecule has 0 saturated carbocycles. The average Bonchev–Trinajstić information content (AvgIpc) is 2.43. The molecule has 0 radical (unpaired) electrons. The largest absolute Gasteiger partial charge is 0.321 e. The molecular formula is C12H8Cl2N4O3. The molecule has 0 bridgehead atoms. The van der Waals surface area contributed by atoms with Crippen molar-refractivity contribution in [2.45, 2.75) is 6.42 Å². The number of aromatic nitrogens is 2. The number of hydrogen-bond acceptors (Lipinski definition) is 5. The van der Waals surface area contributed by atoms with Crippen LogP contribution < -0.4 is 5.32 Å². The van der Waals surface area contributed by atoms with E-state index in [2.05, 4.69) is 15.3 Å². The monoisotopic (exact) mass is 326 g/mol. The van der Waals surface area contributed by atoms with E-state index in [9.17, 15) is 14.9 Å². The smallest absolute Gasteiger partial charge is 0.269 e. The molecule has 0 spiro atoms. The zero-order valence-corrected chi connectivity index (χ0v) is 11.9. The number of anilines is 1. The highest BCUT2D eigenvalue weighted by Crippen LogP contribution is 2.25. The number of benzene rings is 1. The van der Waals surface area contributed by atoms with Gasteiger partial charge >= 0.3 is 0 Å². The van der Waals surface area contributed by atoms with E-state index in [-0.39, 0.29) is 28.1 Å². The van der Waals surface area contributed by atoms with Gasteiger partial charge in [-0.3, -0.25) is 14.9 Å². The molecule has 0 fully saturated rings. The summed E-state index contributed by atoms with van der Waals surface area (Å²) in [6.45, 7) is 0. The van der Waals surface area contributed by atoms with Crippen molar-refractivity contribution in [2.24, 2.45) is 0 Å². The summed E-state index contributed by atoms with van der Waals surface area (Å²) in [7, 11) is 0. The minimum atomic E-state index is -0.528. The van der Waals surface area contributed by atoms with Crippen LogP contribution in [0.4, 0.5) is 11.4 Å². The van der Waals surface area contributed by atoms with Gasteiger partial charge in [-0.1, -0.05) is 35.3 Å². The molecule has 108 valence electrons. The number of nitro benzene ring substituents is 1. The molecule has 21 heavy (non-hydrogen) atoms. The van der Waals surface area contributed by atoms with Crippen molar-refractivity contribution < 1.29 is 9.72 Å². The molecule has 0 unspecified atom stereocenters. The number of non-ortho nitro benzene ring substituents is 1. The fourth-order valence-corrected chi connectivity index (χ4v) is 2.01. The van der Waals surface area contributed by atoms with Gasteiger partial charge in [0.1, 0.15) is 12.0 Å². The molecule has 1 amide bonds. The first-order chi connectivity index (χ1) is 9.97. The maximum Gasteiger partial charge on any atom is 0.269 e. The summed E-state index contributed by atoms with van der Waals surface area (Å²) in [4.78, 5) is 29.5. The Bertz CT molecular complexity index is 688. The Kier molecular flexibility index (Phi) is 4.66. The van der Waals surface area contributed by atoms with Crippen molar-refractivity contribution >= 4 is 40.5 Å². The van der Waals surface area contributed by atoms with E-state index in [0.717, 1.165) is 0 Å². The third kappa shape index (κ3) is 3.87. The van der Waals surface area contributed by atoms with Crippen molar-refractivity contribution in [3.63, 3.8) is 0 Å². The highest BCUT2D eigenvalue weighted by atomic mass is 35.5. The fraction of sp³-hybridized carbons (Fsp3) is 0.0833. The van der Waals surface area contributed by atoms with Gasteiger partial charge in [0, 0.05) is 12.1 Å². The average molecular weight is 327 g/mol. The number of halogens is 2. The highest BCUT2D eigenvalue weighted by Gasteiger charge is 2.13. The molecule has 1 aromatic heterocycles. The van der Waals surface area contributed by atoms with E-state index in [4.69, 9.17) is 23.2 Å². The summed E-state index contributed by atoms with van der Waals surface area (Å²) < 4.78 is 0. The van der Waals surface area contributed by atoms with Crippen LogP contribution in [0.2, 0.25) is 10.3 Å². The van der Waals surface area contributed by atoms with Crippen LogP contribution in [0.5, 0.6) is 0 Å². The summed E-state index contributed by atoms with van der Waals surface area (Å²) in [6, 6.07) is 5.79. The van der Waals surface area contributed by atoms with Gasteiger partial charge in [0.15, 0.2) is 10.3 Å². The number of hydrogen-bond donors (Lipinski definition) is 1. The zero-order chi connectivity index (χ0) is 15.4. The summed E-state index contributed by atoms with van der Waals surface area (Å²) >= 11 is 11.6. The first-order valence-corrected chi connectivity index (χ1v) is 6.42.